The van der Waals surface area contributed by atoms with Crippen LogP contribution in [0.2, 0.25) is 0 Å². The molecule has 0 saturated heterocycles. The molecule has 0 heterocycles. The number of aliphatic carboxylic acids is 1. The van der Waals surface area contributed by atoms with Crippen LogP contribution in [0.5, 0.6) is 11.5 Å². The van der Waals surface area contributed by atoms with Crippen LogP contribution in [0, 0.1) is 5.41 Å². The lowest BCUT2D eigenvalue weighted by atomic mass is 9.90. The zero-order valence-electron chi connectivity index (χ0n) is 13.6. The topological polar surface area (TPSA) is 83.8 Å². The number of ketones is 1. The lowest BCUT2D eigenvalue weighted by Gasteiger charge is -2.20. The first-order chi connectivity index (χ1) is 10.2. The maximum absolute atomic E-state index is 11.5. The van der Waals surface area contributed by atoms with E-state index >= 15 is 0 Å². The van der Waals surface area contributed by atoms with E-state index in [2.05, 4.69) is 0 Å². The Balaban J connectivity index is 2.93. The molecule has 0 aliphatic rings. The summed E-state index contributed by atoms with van der Waals surface area (Å²) < 4.78 is 5.66. The third kappa shape index (κ3) is 4.23. The van der Waals surface area contributed by atoms with Gasteiger partial charge >= 0.3 is 5.97 Å². The number of carbonyl (C=O) groups excluding carboxylic acids is 1. The van der Waals surface area contributed by atoms with E-state index in [4.69, 9.17) is 9.84 Å². The molecule has 0 aliphatic heterocycles. The number of carbonyl (C=O) groups is 2. The first-order valence-electron chi connectivity index (χ1n) is 7.42. The molecule has 1 rings (SSSR count). The molecule has 0 unspecified atom stereocenters. The minimum absolute atomic E-state index is 0.0376. The second-order valence-corrected chi connectivity index (χ2v) is 6.03. The van der Waals surface area contributed by atoms with Crippen LogP contribution < -0.4 is 4.74 Å². The summed E-state index contributed by atoms with van der Waals surface area (Å²) in [5, 5.41) is 19.3. The van der Waals surface area contributed by atoms with Crippen LogP contribution in [0.3, 0.4) is 0 Å². The number of rotatable bonds is 8. The van der Waals surface area contributed by atoms with Crippen molar-refractivity contribution >= 4 is 11.8 Å². The van der Waals surface area contributed by atoms with Gasteiger partial charge in [0, 0.05) is 5.56 Å². The molecule has 0 radical (unpaired) electrons. The summed E-state index contributed by atoms with van der Waals surface area (Å²) in [5.74, 6) is -0.608. The highest BCUT2D eigenvalue weighted by Crippen LogP contribution is 2.33. The maximum atomic E-state index is 11.5. The standard InChI is InChI=1S/C17H24O5/c1-5-6-13-14(8-7-12(11(2)18)15(13)19)22-10-9-17(3,4)16(20)21/h7-8,19H,5-6,9-10H2,1-4H3,(H,20,21). The van der Waals surface area contributed by atoms with Gasteiger partial charge in [0.15, 0.2) is 5.78 Å². The van der Waals surface area contributed by atoms with E-state index in [1.165, 1.54) is 13.0 Å². The second kappa shape index (κ2) is 7.29. The molecule has 0 atom stereocenters. The molecule has 5 heteroatoms. The molecule has 0 bridgehead atoms. The van der Waals surface area contributed by atoms with Crippen molar-refractivity contribution in [3.63, 3.8) is 0 Å². The van der Waals surface area contributed by atoms with Gasteiger partial charge in [-0.25, -0.2) is 0 Å². The largest absolute Gasteiger partial charge is 0.507 e. The van der Waals surface area contributed by atoms with Crippen LogP contribution >= 0.6 is 0 Å². The molecule has 0 fully saturated rings. The summed E-state index contributed by atoms with van der Waals surface area (Å²) >= 11 is 0. The third-order valence-corrected chi connectivity index (χ3v) is 3.68. The Morgan fingerprint density at radius 2 is 1.91 bits per heavy atom. The minimum Gasteiger partial charge on any atom is -0.507 e. The van der Waals surface area contributed by atoms with Gasteiger partial charge < -0.3 is 14.9 Å². The summed E-state index contributed by atoms with van der Waals surface area (Å²) in [6, 6.07) is 3.20. The average Bonchev–Trinajstić information content (AvgIpc) is 2.41. The van der Waals surface area contributed by atoms with Gasteiger partial charge in [-0.3, -0.25) is 9.59 Å². The predicted octanol–water partition coefficient (Wildman–Crippen LogP) is 3.43. The Bertz CT molecular complexity index is 560. The van der Waals surface area contributed by atoms with Crippen LogP contribution in [0.1, 0.15) is 56.5 Å². The van der Waals surface area contributed by atoms with Gasteiger partial charge in [0.25, 0.3) is 0 Å². The predicted molar refractivity (Wildman–Crippen MR) is 83.6 cm³/mol. The molecule has 22 heavy (non-hydrogen) atoms. The summed E-state index contributed by atoms with van der Waals surface area (Å²) in [4.78, 5) is 22.6. The van der Waals surface area contributed by atoms with E-state index in [-0.39, 0.29) is 23.7 Å². The zero-order chi connectivity index (χ0) is 16.9. The number of benzene rings is 1. The van der Waals surface area contributed by atoms with Gasteiger partial charge in [0.1, 0.15) is 11.5 Å². The Kier molecular flexibility index (Phi) is 5.97. The minimum atomic E-state index is -0.875. The Labute approximate surface area is 130 Å². The molecule has 0 aromatic heterocycles. The van der Waals surface area contributed by atoms with E-state index in [9.17, 15) is 14.7 Å². The number of Topliss-reactive ketones (excluding diaryl/α,β-unsaturated/α-hetero) is 1. The molecule has 0 amide bonds. The van der Waals surface area contributed by atoms with Gasteiger partial charge in [0.05, 0.1) is 17.6 Å². The molecule has 1 aromatic rings. The normalized spacial score (nSPS) is 11.3. The first kappa shape index (κ1) is 18.0. The van der Waals surface area contributed by atoms with Crippen molar-refractivity contribution in [3.8, 4) is 11.5 Å². The number of carboxylic acids is 1. The Morgan fingerprint density at radius 3 is 2.41 bits per heavy atom. The number of phenols is 1. The third-order valence-electron chi connectivity index (χ3n) is 3.68. The maximum Gasteiger partial charge on any atom is 0.309 e. The average molecular weight is 308 g/mol. The molecule has 2 N–H and O–H groups in total. The Hall–Kier alpha value is -2.04. The molecule has 0 saturated carbocycles. The van der Waals surface area contributed by atoms with Crippen molar-refractivity contribution in [2.24, 2.45) is 5.41 Å². The van der Waals surface area contributed by atoms with Gasteiger partial charge in [-0.1, -0.05) is 13.3 Å². The Morgan fingerprint density at radius 1 is 1.27 bits per heavy atom. The molecular formula is C17H24O5. The fourth-order valence-electron chi connectivity index (χ4n) is 2.05. The summed E-state index contributed by atoms with van der Waals surface area (Å²) in [6.45, 7) is 6.89. The summed E-state index contributed by atoms with van der Waals surface area (Å²) in [5.41, 5.74) is 0.0109. The number of phenolic OH excluding ortho intramolecular Hbond substituents is 1. The molecule has 0 spiro atoms. The van der Waals surface area contributed by atoms with Crippen LogP contribution in [-0.4, -0.2) is 28.6 Å². The van der Waals surface area contributed by atoms with E-state index in [0.717, 1.165) is 6.42 Å². The van der Waals surface area contributed by atoms with Crippen molar-refractivity contribution in [1.82, 2.24) is 0 Å². The zero-order valence-corrected chi connectivity index (χ0v) is 13.6. The van der Waals surface area contributed by atoms with Crippen molar-refractivity contribution < 1.29 is 24.5 Å². The SMILES string of the molecule is CCCc1c(OCCC(C)(C)C(=O)O)ccc(C(C)=O)c1O. The van der Waals surface area contributed by atoms with Gasteiger partial charge in [-0.05, 0) is 45.7 Å². The van der Waals surface area contributed by atoms with Crippen molar-refractivity contribution in [1.29, 1.82) is 0 Å². The number of hydrogen-bond donors (Lipinski definition) is 2. The lowest BCUT2D eigenvalue weighted by molar-refractivity contribution is -0.147. The number of hydrogen-bond acceptors (Lipinski definition) is 4. The lowest BCUT2D eigenvalue weighted by Crippen LogP contribution is -2.26. The van der Waals surface area contributed by atoms with Gasteiger partial charge in [-0.2, -0.15) is 0 Å². The fourth-order valence-corrected chi connectivity index (χ4v) is 2.05. The van der Waals surface area contributed by atoms with Crippen LogP contribution in [0.15, 0.2) is 12.1 Å². The number of aromatic hydroxyl groups is 1. The second-order valence-electron chi connectivity index (χ2n) is 6.03. The van der Waals surface area contributed by atoms with E-state index in [1.807, 2.05) is 6.92 Å². The van der Waals surface area contributed by atoms with Crippen LogP contribution in [0.25, 0.3) is 0 Å². The van der Waals surface area contributed by atoms with E-state index in [1.54, 1.807) is 19.9 Å². The van der Waals surface area contributed by atoms with E-state index < -0.39 is 11.4 Å². The van der Waals surface area contributed by atoms with Gasteiger partial charge in [0.2, 0.25) is 0 Å². The summed E-state index contributed by atoms with van der Waals surface area (Å²) in [7, 11) is 0. The van der Waals surface area contributed by atoms with E-state index in [0.29, 0.717) is 24.2 Å². The van der Waals surface area contributed by atoms with Crippen molar-refractivity contribution in [3.05, 3.63) is 23.3 Å². The molecular weight excluding hydrogens is 284 g/mol. The van der Waals surface area contributed by atoms with Crippen molar-refractivity contribution in [2.45, 2.75) is 47.0 Å². The number of carboxylic acid groups (broad SMARTS) is 1. The smallest absolute Gasteiger partial charge is 0.309 e. The molecule has 5 nitrogen and oxygen atoms in total. The highest BCUT2D eigenvalue weighted by atomic mass is 16.5. The van der Waals surface area contributed by atoms with Crippen LogP contribution in [0.4, 0.5) is 0 Å². The molecule has 122 valence electrons. The highest BCUT2D eigenvalue weighted by molar-refractivity contribution is 5.97. The quantitative estimate of drug-likeness (QED) is 0.719. The van der Waals surface area contributed by atoms with Gasteiger partial charge in [-0.15, -0.1) is 0 Å². The molecule has 0 aliphatic carbocycles. The molecule has 1 aromatic carbocycles. The van der Waals surface area contributed by atoms with Crippen molar-refractivity contribution in [2.75, 3.05) is 6.61 Å². The number of ether oxygens (including phenoxy) is 1. The highest BCUT2D eigenvalue weighted by Gasteiger charge is 2.27. The summed E-state index contributed by atoms with van der Waals surface area (Å²) in [6.07, 6.45) is 1.74. The monoisotopic (exact) mass is 308 g/mol. The first-order valence-corrected chi connectivity index (χ1v) is 7.42. The van der Waals surface area contributed by atoms with Crippen LogP contribution in [-0.2, 0) is 11.2 Å². The fraction of sp³-hybridized carbons (Fsp3) is 0.529.